The molecule has 1 atom stereocenters. The van der Waals surface area contributed by atoms with Crippen LogP contribution in [0.2, 0.25) is 0 Å². The van der Waals surface area contributed by atoms with Crippen molar-refractivity contribution >= 4 is 5.91 Å². The fourth-order valence-corrected chi connectivity index (χ4v) is 3.83. The van der Waals surface area contributed by atoms with Crippen LogP contribution in [0.1, 0.15) is 56.2 Å². The number of ether oxygens (including phenoxy) is 2. The Labute approximate surface area is 145 Å². The van der Waals surface area contributed by atoms with Gasteiger partial charge in [0.1, 0.15) is 0 Å². The Morgan fingerprint density at radius 3 is 2.88 bits per heavy atom. The number of hydrogen-bond acceptors (Lipinski definition) is 3. The summed E-state index contributed by atoms with van der Waals surface area (Å²) in [5.74, 6) is 0.231. The molecule has 2 aliphatic heterocycles. The molecule has 1 aromatic carbocycles. The van der Waals surface area contributed by atoms with E-state index in [1.54, 1.807) is 0 Å². The average Bonchev–Trinajstić information content (AvgIpc) is 2.63. The number of hydrogen-bond donors (Lipinski definition) is 0. The largest absolute Gasteiger partial charge is 0.381 e. The Morgan fingerprint density at radius 1 is 1.29 bits per heavy atom. The lowest BCUT2D eigenvalue weighted by Gasteiger charge is -2.37. The number of rotatable bonds is 6. The van der Waals surface area contributed by atoms with Crippen LogP contribution in [-0.2, 0) is 20.7 Å². The highest BCUT2D eigenvalue weighted by Gasteiger charge is 2.29. The van der Waals surface area contributed by atoms with E-state index in [4.69, 9.17) is 9.47 Å². The van der Waals surface area contributed by atoms with Gasteiger partial charge in [0.15, 0.2) is 0 Å². The van der Waals surface area contributed by atoms with Gasteiger partial charge in [0, 0.05) is 19.8 Å². The smallest absolute Gasteiger partial charge is 0.225 e. The molecule has 3 rings (SSSR count). The number of benzene rings is 1. The minimum Gasteiger partial charge on any atom is -0.381 e. The van der Waals surface area contributed by atoms with Gasteiger partial charge in [0.2, 0.25) is 5.91 Å². The summed E-state index contributed by atoms with van der Waals surface area (Å²) in [4.78, 5) is 14.8. The van der Waals surface area contributed by atoms with Gasteiger partial charge in [-0.1, -0.05) is 37.6 Å². The van der Waals surface area contributed by atoms with E-state index >= 15 is 0 Å². The first-order valence-electron chi connectivity index (χ1n) is 9.36. The van der Waals surface area contributed by atoms with Gasteiger partial charge in [-0.15, -0.1) is 0 Å². The minimum atomic E-state index is 0.231. The first kappa shape index (κ1) is 17.4. The van der Waals surface area contributed by atoms with Crippen molar-refractivity contribution in [2.24, 2.45) is 0 Å². The molecule has 1 unspecified atom stereocenters. The highest BCUT2D eigenvalue weighted by molar-refractivity contribution is 5.77. The molecule has 4 nitrogen and oxygen atoms in total. The van der Waals surface area contributed by atoms with Gasteiger partial charge in [-0.25, -0.2) is 0 Å². The normalized spacial score (nSPS) is 21.5. The van der Waals surface area contributed by atoms with Crippen molar-refractivity contribution in [3.63, 3.8) is 0 Å². The molecule has 0 saturated carbocycles. The highest BCUT2D eigenvalue weighted by Crippen LogP contribution is 2.33. The zero-order valence-corrected chi connectivity index (χ0v) is 14.7. The van der Waals surface area contributed by atoms with Gasteiger partial charge in [-0.2, -0.15) is 0 Å². The summed E-state index contributed by atoms with van der Waals surface area (Å²) in [5, 5.41) is 0. The average molecular weight is 331 g/mol. The summed E-state index contributed by atoms with van der Waals surface area (Å²) in [6, 6.07) is 8.81. The molecular formula is C20H29NO3. The zero-order valence-electron chi connectivity index (χ0n) is 14.7. The van der Waals surface area contributed by atoms with E-state index in [1.165, 1.54) is 11.1 Å². The summed E-state index contributed by atoms with van der Waals surface area (Å²) in [7, 11) is 0. The summed E-state index contributed by atoms with van der Waals surface area (Å²) in [6.07, 6.45) is 5.72. The zero-order chi connectivity index (χ0) is 16.8. The number of carbonyl (C=O) groups is 1. The van der Waals surface area contributed by atoms with Gasteiger partial charge in [-0.3, -0.25) is 4.79 Å². The van der Waals surface area contributed by atoms with Crippen molar-refractivity contribution in [3.05, 3.63) is 35.4 Å². The maximum Gasteiger partial charge on any atom is 0.225 e. The molecule has 1 amide bonds. The van der Waals surface area contributed by atoms with Crippen LogP contribution in [0.4, 0.5) is 0 Å². The molecular weight excluding hydrogens is 302 g/mol. The molecule has 4 heteroatoms. The van der Waals surface area contributed by atoms with Crippen LogP contribution in [-0.4, -0.2) is 43.3 Å². The molecule has 0 bridgehead atoms. The SMILES string of the molecule is CCCC1c2ccccc2CCN1C(=O)CCOC1CCOCC1. The van der Waals surface area contributed by atoms with Crippen LogP contribution in [0, 0.1) is 0 Å². The van der Waals surface area contributed by atoms with E-state index < -0.39 is 0 Å². The van der Waals surface area contributed by atoms with E-state index in [0.717, 1.165) is 51.9 Å². The number of carbonyl (C=O) groups excluding carboxylic acids is 1. The van der Waals surface area contributed by atoms with E-state index in [9.17, 15) is 4.79 Å². The van der Waals surface area contributed by atoms with Crippen molar-refractivity contribution in [2.45, 2.75) is 57.6 Å². The molecule has 0 aliphatic carbocycles. The van der Waals surface area contributed by atoms with Gasteiger partial charge < -0.3 is 14.4 Å². The van der Waals surface area contributed by atoms with Crippen molar-refractivity contribution in [2.75, 3.05) is 26.4 Å². The third kappa shape index (κ3) is 4.17. The fraction of sp³-hybridized carbons (Fsp3) is 0.650. The third-order valence-electron chi connectivity index (χ3n) is 5.13. The number of amides is 1. The first-order valence-corrected chi connectivity index (χ1v) is 9.36. The molecule has 2 aliphatic rings. The fourth-order valence-electron chi connectivity index (χ4n) is 3.83. The summed E-state index contributed by atoms with van der Waals surface area (Å²) < 4.78 is 11.2. The maximum atomic E-state index is 12.8. The highest BCUT2D eigenvalue weighted by atomic mass is 16.5. The van der Waals surface area contributed by atoms with E-state index in [1.807, 2.05) is 0 Å². The minimum absolute atomic E-state index is 0.231. The van der Waals surface area contributed by atoms with Crippen LogP contribution < -0.4 is 0 Å². The Kier molecular flexibility index (Phi) is 6.27. The topological polar surface area (TPSA) is 38.8 Å². The predicted molar refractivity (Wildman–Crippen MR) is 93.9 cm³/mol. The lowest BCUT2D eigenvalue weighted by Crippen LogP contribution is -2.40. The summed E-state index contributed by atoms with van der Waals surface area (Å²) >= 11 is 0. The van der Waals surface area contributed by atoms with Gasteiger partial charge in [-0.05, 0) is 36.8 Å². The molecule has 1 saturated heterocycles. The van der Waals surface area contributed by atoms with Gasteiger partial charge in [0.25, 0.3) is 0 Å². The summed E-state index contributed by atoms with van der Waals surface area (Å²) in [5.41, 5.74) is 2.74. The molecule has 1 fully saturated rings. The number of fused-ring (bicyclic) bond motifs is 1. The molecule has 132 valence electrons. The third-order valence-corrected chi connectivity index (χ3v) is 5.13. The van der Waals surface area contributed by atoms with Gasteiger partial charge in [0.05, 0.1) is 25.2 Å². The molecule has 0 N–H and O–H groups in total. The maximum absolute atomic E-state index is 12.8. The van der Waals surface area contributed by atoms with E-state index in [0.29, 0.717) is 13.0 Å². The molecule has 0 spiro atoms. The lowest BCUT2D eigenvalue weighted by atomic mass is 9.90. The standard InChI is InChI=1S/C20H29NO3/c1-2-5-19-18-7-4-3-6-16(18)8-12-21(19)20(22)11-15-24-17-9-13-23-14-10-17/h3-4,6-7,17,19H,2,5,8-15H2,1H3. The monoisotopic (exact) mass is 331 g/mol. The summed E-state index contributed by atoms with van der Waals surface area (Å²) in [6.45, 7) is 5.10. The Morgan fingerprint density at radius 2 is 2.08 bits per heavy atom. The molecule has 0 radical (unpaired) electrons. The van der Waals surface area contributed by atoms with Crippen molar-refractivity contribution in [1.82, 2.24) is 4.90 Å². The van der Waals surface area contributed by atoms with Crippen LogP contribution in [0.5, 0.6) is 0 Å². The van der Waals surface area contributed by atoms with Crippen LogP contribution in [0.3, 0.4) is 0 Å². The second-order valence-electron chi connectivity index (χ2n) is 6.77. The van der Waals surface area contributed by atoms with Crippen molar-refractivity contribution in [1.29, 1.82) is 0 Å². The Balaban J connectivity index is 1.57. The lowest BCUT2D eigenvalue weighted by molar-refractivity contribution is -0.136. The van der Waals surface area contributed by atoms with E-state index in [-0.39, 0.29) is 18.1 Å². The van der Waals surface area contributed by atoms with Crippen LogP contribution >= 0.6 is 0 Å². The Hall–Kier alpha value is -1.39. The molecule has 24 heavy (non-hydrogen) atoms. The molecule has 2 heterocycles. The van der Waals surface area contributed by atoms with Crippen LogP contribution in [0.15, 0.2) is 24.3 Å². The molecule has 0 aromatic heterocycles. The van der Waals surface area contributed by atoms with E-state index in [2.05, 4.69) is 36.1 Å². The van der Waals surface area contributed by atoms with Crippen molar-refractivity contribution in [3.8, 4) is 0 Å². The quantitative estimate of drug-likeness (QED) is 0.801. The van der Waals surface area contributed by atoms with Gasteiger partial charge >= 0.3 is 0 Å². The molecule has 1 aromatic rings. The first-order chi connectivity index (χ1) is 11.8. The van der Waals surface area contributed by atoms with Crippen molar-refractivity contribution < 1.29 is 14.3 Å². The van der Waals surface area contributed by atoms with Crippen LogP contribution in [0.25, 0.3) is 0 Å². The number of nitrogens with zero attached hydrogens (tertiary/aromatic N) is 1. The second-order valence-corrected chi connectivity index (χ2v) is 6.77. The predicted octanol–water partition coefficient (Wildman–Crippen LogP) is 3.50. The Bertz CT molecular complexity index is 539. The second kappa shape index (κ2) is 8.63.